The Balaban J connectivity index is 2.00. The van der Waals surface area contributed by atoms with Crippen LogP contribution in [0.3, 0.4) is 0 Å². The maximum absolute atomic E-state index is 11.8. The van der Waals surface area contributed by atoms with Gasteiger partial charge in [-0.15, -0.1) is 0 Å². The molecule has 0 unspecified atom stereocenters. The number of hydrogen-bond acceptors (Lipinski definition) is 4. The van der Waals surface area contributed by atoms with Crippen molar-refractivity contribution >= 4 is 10.1 Å². The molecule has 0 bridgehead atoms. The third-order valence-electron chi connectivity index (χ3n) is 2.84. The maximum atomic E-state index is 11.8. The summed E-state index contributed by atoms with van der Waals surface area (Å²) in [5, 5.41) is 8.60. The summed E-state index contributed by atoms with van der Waals surface area (Å²) >= 11 is 0. The second-order valence-electron chi connectivity index (χ2n) is 4.28. The quantitative estimate of drug-likeness (QED) is 0.766. The lowest BCUT2D eigenvalue weighted by molar-refractivity contribution is 0.298. The minimum atomic E-state index is -3.67. The molecule has 0 heterocycles. The first kappa shape index (κ1) is 12.1. The highest BCUT2D eigenvalue weighted by Gasteiger charge is 2.38. The summed E-state index contributed by atoms with van der Waals surface area (Å²) in [7, 11) is -3.67. The minimum Gasteiger partial charge on any atom is -0.266 e. The molecule has 0 N–H and O–H groups in total. The predicted molar refractivity (Wildman–Crippen MR) is 61.5 cm³/mol. The van der Waals surface area contributed by atoms with Crippen molar-refractivity contribution in [3.63, 3.8) is 0 Å². The molecule has 1 aliphatic carbocycles. The molecule has 5 heteroatoms. The van der Waals surface area contributed by atoms with Crippen LogP contribution in [-0.2, 0) is 14.3 Å². The Bertz CT molecular complexity index is 542. The highest BCUT2D eigenvalue weighted by molar-refractivity contribution is 7.86. The van der Waals surface area contributed by atoms with Crippen LogP contribution in [0.1, 0.15) is 12.0 Å². The zero-order chi connectivity index (χ0) is 12.5. The molecule has 90 valence electrons. The SMILES string of the molecule is Cc1ccc(S(=O)(=O)OC[C@H]2C[C@H]2C#N)cc1. The lowest BCUT2D eigenvalue weighted by Crippen LogP contribution is -2.09. The van der Waals surface area contributed by atoms with Gasteiger partial charge in [0.1, 0.15) is 0 Å². The highest BCUT2D eigenvalue weighted by atomic mass is 32.2. The van der Waals surface area contributed by atoms with Gasteiger partial charge in [-0.3, -0.25) is 4.18 Å². The summed E-state index contributed by atoms with van der Waals surface area (Å²) in [6, 6.07) is 8.61. The standard InChI is InChI=1S/C12H13NO3S/c1-9-2-4-12(5-3-9)17(14,15)16-8-11-6-10(11)7-13/h2-5,10-11H,6,8H2,1H3/t10-,11+/m0/s1. The molecule has 1 fully saturated rings. The molecule has 1 aliphatic rings. The molecule has 0 spiro atoms. The van der Waals surface area contributed by atoms with E-state index in [-0.39, 0.29) is 23.3 Å². The van der Waals surface area contributed by atoms with Gasteiger partial charge >= 0.3 is 0 Å². The van der Waals surface area contributed by atoms with Crippen LogP contribution >= 0.6 is 0 Å². The average Bonchev–Trinajstić information content (AvgIpc) is 3.06. The van der Waals surface area contributed by atoms with Gasteiger partial charge in [0.05, 0.1) is 23.5 Å². The number of benzene rings is 1. The Morgan fingerprint density at radius 3 is 2.59 bits per heavy atom. The van der Waals surface area contributed by atoms with Gasteiger partial charge in [-0.25, -0.2) is 0 Å². The molecule has 0 aliphatic heterocycles. The largest absolute Gasteiger partial charge is 0.296 e. The molecule has 4 nitrogen and oxygen atoms in total. The molecular formula is C12H13NO3S. The summed E-state index contributed by atoms with van der Waals surface area (Å²) in [6.07, 6.45) is 0.736. The number of nitriles is 1. The van der Waals surface area contributed by atoms with E-state index in [9.17, 15) is 8.42 Å². The third kappa shape index (κ3) is 2.84. The van der Waals surface area contributed by atoms with Crippen LogP contribution in [0.2, 0.25) is 0 Å². The Labute approximate surface area is 101 Å². The molecule has 0 amide bonds. The fraction of sp³-hybridized carbons (Fsp3) is 0.417. The number of aryl methyl sites for hydroxylation is 1. The smallest absolute Gasteiger partial charge is 0.266 e. The van der Waals surface area contributed by atoms with Gasteiger partial charge in [0.2, 0.25) is 0 Å². The van der Waals surface area contributed by atoms with Gasteiger partial charge in [-0.1, -0.05) is 17.7 Å². The van der Waals surface area contributed by atoms with Crippen molar-refractivity contribution < 1.29 is 12.6 Å². The van der Waals surface area contributed by atoms with Gasteiger partial charge in [0, 0.05) is 5.92 Å². The van der Waals surface area contributed by atoms with Crippen LogP contribution in [-0.4, -0.2) is 15.0 Å². The second kappa shape index (κ2) is 4.47. The van der Waals surface area contributed by atoms with E-state index in [4.69, 9.17) is 9.44 Å². The summed E-state index contributed by atoms with van der Waals surface area (Å²) in [5.41, 5.74) is 0.996. The van der Waals surface area contributed by atoms with Gasteiger partial charge in [0.25, 0.3) is 10.1 Å². The predicted octanol–water partition coefficient (Wildman–Crippen LogP) is 1.86. The lowest BCUT2D eigenvalue weighted by atomic mass is 10.2. The maximum Gasteiger partial charge on any atom is 0.296 e. The first-order valence-electron chi connectivity index (χ1n) is 5.38. The van der Waals surface area contributed by atoms with Crippen LogP contribution in [0.5, 0.6) is 0 Å². The molecule has 1 aromatic rings. The Kier molecular flexibility index (Phi) is 3.18. The summed E-state index contributed by atoms with van der Waals surface area (Å²) < 4.78 is 28.5. The van der Waals surface area contributed by atoms with Gasteiger partial charge in [-0.2, -0.15) is 13.7 Å². The zero-order valence-corrected chi connectivity index (χ0v) is 10.3. The first-order valence-corrected chi connectivity index (χ1v) is 6.79. The van der Waals surface area contributed by atoms with E-state index in [1.54, 1.807) is 12.1 Å². The van der Waals surface area contributed by atoms with E-state index in [2.05, 4.69) is 6.07 Å². The normalized spacial score (nSPS) is 23.1. The first-order chi connectivity index (χ1) is 8.03. The van der Waals surface area contributed by atoms with Crippen molar-refractivity contribution in [3.8, 4) is 6.07 Å². The molecular weight excluding hydrogens is 238 g/mol. The van der Waals surface area contributed by atoms with E-state index >= 15 is 0 Å². The summed E-state index contributed by atoms with van der Waals surface area (Å²) in [6.45, 7) is 1.99. The van der Waals surface area contributed by atoms with Crippen molar-refractivity contribution in [1.29, 1.82) is 5.26 Å². The van der Waals surface area contributed by atoms with Crippen LogP contribution in [0, 0.1) is 30.1 Å². The molecule has 1 saturated carbocycles. The monoisotopic (exact) mass is 251 g/mol. The topological polar surface area (TPSA) is 67.2 Å². The Morgan fingerprint density at radius 1 is 1.41 bits per heavy atom. The van der Waals surface area contributed by atoms with Gasteiger partial charge in [0.15, 0.2) is 0 Å². The molecule has 0 aromatic heterocycles. The number of rotatable bonds is 4. The van der Waals surface area contributed by atoms with Crippen LogP contribution < -0.4 is 0 Å². The Morgan fingerprint density at radius 2 is 2.06 bits per heavy atom. The number of hydrogen-bond donors (Lipinski definition) is 0. The zero-order valence-electron chi connectivity index (χ0n) is 9.46. The number of nitrogens with zero attached hydrogens (tertiary/aromatic N) is 1. The minimum absolute atomic E-state index is 0.0387. The molecule has 2 rings (SSSR count). The fourth-order valence-electron chi connectivity index (χ4n) is 1.54. The Hall–Kier alpha value is -1.38. The second-order valence-corrected chi connectivity index (χ2v) is 5.90. The summed E-state index contributed by atoms with van der Waals surface area (Å²) in [4.78, 5) is 0.164. The van der Waals surface area contributed by atoms with Crippen LogP contribution in [0.25, 0.3) is 0 Å². The van der Waals surface area contributed by atoms with Crippen molar-refractivity contribution in [2.24, 2.45) is 11.8 Å². The van der Waals surface area contributed by atoms with E-state index < -0.39 is 10.1 Å². The van der Waals surface area contributed by atoms with Crippen molar-refractivity contribution in [1.82, 2.24) is 0 Å². The van der Waals surface area contributed by atoms with Crippen molar-refractivity contribution in [3.05, 3.63) is 29.8 Å². The van der Waals surface area contributed by atoms with E-state index in [1.807, 2.05) is 6.92 Å². The van der Waals surface area contributed by atoms with Crippen molar-refractivity contribution in [2.45, 2.75) is 18.2 Å². The summed E-state index contributed by atoms with van der Waals surface area (Å²) in [5.74, 6) is 0.0310. The van der Waals surface area contributed by atoms with Gasteiger partial charge < -0.3 is 0 Å². The van der Waals surface area contributed by atoms with E-state index in [0.717, 1.165) is 12.0 Å². The molecule has 17 heavy (non-hydrogen) atoms. The fourth-order valence-corrected chi connectivity index (χ4v) is 2.50. The third-order valence-corrected chi connectivity index (χ3v) is 4.13. The lowest BCUT2D eigenvalue weighted by Gasteiger charge is -2.04. The van der Waals surface area contributed by atoms with E-state index in [1.165, 1.54) is 12.1 Å². The molecule has 2 atom stereocenters. The molecule has 1 aromatic carbocycles. The van der Waals surface area contributed by atoms with Crippen LogP contribution in [0.4, 0.5) is 0 Å². The van der Waals surface area contributed by atoms with Crippen LogP contribution in [0.15, 0.2) is 29.2 Å². The molecule has 0 radical (unpaired) electrons. The van der Waals surface area contributed by atoms with Gasteiger partial charge in [-0.05, 0) is 25.5 Å². The van der Waals surface area contributed by atoms with E-state index in [0.29, 0.717) is 0 Å². The highest BCUT2D eigenvalue weighted by Crippen LogP contribution is 2.38. The van der Waals surface area contributed by atoms with Crippen molar-refractivity contribution in [2.75, 3.05) is 6.61 Å². The average molecular weight is 251 g/mol. The molecule has 0 saturated heterocycles.